The van der Waals surface area contributed by atoms with Crippen LogP contribution in [0, 0.1) is 72.5 Å². The first-order valence-electron chi connectivity index (χ1n) is 12.1. The zero-order valence-electron chi connectivity index (χ0n) is 21.6. The van der Waals surface area contributed by atoms with E-state index in [-0.39, 0.29) is 39.0 Å². The third kappa shape index (κ3) is 10.6. The first kappa shape index (κ1) is 34.9. The van der Waals surface area contributed by atoms with Gasteiger partial charge in [-0.05, 0) is 59.2 Å². The molecule has 2 heteroatoms. The fourth-order valence-electron chi connectivity index (χ4n) is 5.28. The van der Waals surface area contributed by atoms with Crippen LogP contribution in [0.4, 0.5) is 0 Å². The molecule has 2 rings (SSSR count). The SMILES string of the molecule is CC1C(C)C(C)C(C)C1C.CC1C(C)C(C)C(C)C1C.[CH2-]CCC[CH-]CC.[Ru+2].[Ru+3]. The average molecular weight is 581 g/mol. The molecule has 0 aromatic heterocycles. The van der Waals surface area contributed by atoms with Gasteiger partial charge in [-0.25, -0.2) is 0 Å². The third-order valence-corrected chi connectivity index (χ3v) is 9.24. The zero-order chi connectivity index (χ0) is 21.3. The van der Waals surface area contributed by atoms with Gasteiger partial charge in [-0.1, -0.05) is 76.2 Å². The Morgan fingerprint density at radius 3 is 0.897 bits per heavy atom. The van der Waals surface area contributed by atoms with Gasteiger partial charge in [0.05, 0.1) is 0 Å². The van der Waals surface area contributed by atoms with Crippen LogP contribution in [0.2, 0.25) is 0 Å². The minimum atomic E-state index is 0. The number of rotatable bonds is 4. The molecule has 2 saturated carbocycles. The maximum Gasteiger partial charge on any atom is 3.00 e. The van der Waals surface area contributed by atoms with Gasteiger partial charge in [0.2, 0.25) is 0 Å². The predicted molar refractivity (Wildman–Crippen MR) is 125 cm³/mol. The second-order valence-electron chi connectivity index (χ2n) is 10.3. The van der Waals surface area contributed by atoms with Gasteiger partial charge in [-0.3, -0.25) is 0 Å². The van der Waals surface area contributed by atoms with Gasteiger partial charge in [0, 0.05) is 0 Å². The molecule has 2 fully saturated rings. The summed E-state index contributed by atoms with van der Waals surface area (Å²) >= 11 is 0. The Labute approximate surface area is 212 Å². The Morgan fingerprint density at radius 2 is 0.759 bits per heavy atom. The Kier molecular flexibility index (Phi) is 21.3. The van der Waals surface area contributed by atoms with E-state index in [2.05, 4.69) is 89.5 Å². The van der Waals surface area contributed by atoms with Crippen molar-refractivity contribution in [3.8, 4) is 0 Å². The topological polar surface area (TPSA) is 0 Å². The molecule has 0 saturated heterocycles. The second-order valence-corrected chi connectivity index (χ2v) is 10.3. The minimum Gasteiger partial charge on any atom is -0.343 e. The van der Waals surface area contributed by atoms with Crippen molar-refractivity contribution in [1.29, 1.82) is 0 Å². The number of hydrogen-bond acceptors (Lipinski definition) is 0. The van der Waals surface area contributed by atoms with Crippen LogP contribution in [0.3, 0.4) is 0 Å². The Balaban J connectivity index is -0.000000345. The van der Waals surface area contributed by atoms with Gasteiger partial charge in [0.25, 0.3) is 0 Å². The van der Waals surface area contributed by atoms with Crippen LogP contribution in [0.1, 0.15) is 102 Å². The van der Waals surface area contributed by atoms with Crippen LogP contribution >= 0.6 is 0 Å². The summed E-state index contributed by atoms with van der Waals surface area (Å²) in [6.07, 6.45) is 7.09. The summed E-state index contributed by atoms with van der Waals surface area (Å²) < 4.78 is 0. The van der Waals surface area contributed by atoms with E-state index in [1.54, 1.807) is 0 Å². The van der Waals surface area contributed by atoms with E-state index in [0.717, 1.165) is 65.6 Å². The van der Waals surface area contributed by atoms with Gasteiger partial charge < -0.3 is 13.3 Å². The second kappa shape index (κ2) is 17.8. The van der Waals surface area contributed by atoms with Crippen molar-refractivity contribution in [1.82, 2.24) is 0 Å². The maximum absolute atomic E-state index is 3.74. The van der Waals surface area contributed by atoms with Gasteiger partial charge in [0.15, 0.2) is 0 Å². The molecule has 0 atom stereocenters. The molecular formula is C27H54Ru2+3. The molecule has 0 aromatic carbocycles. The van der Waals surface area contributed by atoms with Crippen molar-refractivity contribution in [2.45, 2.75) is 102 Å². The molecule has 2 aliphatic rings. The van der Waals surface area contributed by atoms with Crippen molar-refractivity contribution in [3.63, 3.8) is 0 Å². The smallest absolute Gasteiger partial charge is 0.343 e. The molecule has 0 aliphatic heterocycles. The Morgan fingerprint density at radius 1 is 0.552 bits per heavy atom. The van der Waals surface area contributed by atoms with Crippen molar-refractivity contribution >= 4 is 0 Å². The van der Waals surface area contributed by atoms with Gasteiger partial charge in [-0.2, -0.15) is 19.3 Å². The third-order valence-electron chi connectivity index (χ3n) is 9.24. The molecule has 2 aliphatic carbocycles. The van der Waals surface area contributed by atoms with E-state index in [0.29, 0.717) is 0 Å². The molecule has 0 heterocycles. The quantitative estimate of drug-likeness (QED) is 0.177. The molecule has 0 nitrogen and oxygen atoms in total. The maximum atomic E-state index is 3.74. The summed E-state index contributed by atoms with van der Waals surface area (Å²) in [6, 6.07) is 0. The van der Waals surface area contributed by atoms with Crippen LogP contribution < -0.4 is 0 Å². The average Bonchev–Trinajstić information content (AvgIpc) is 2.93. The zero-order valence-corrected chi connectivity index (χ0v) is 25.1. The Hall–Kier alpha value is 1.25. The van der Waals surface area contributed by atoms with Crippen molar-refractivity contribution < 1.29 is 39.0 Å². The first-order chi connectivity index (χ1) is 12.5. The normalized spacial score (nSPS) is 40.6. The summed E-state index contributed by atoms with van der Waals surface area (Å²) in [4.78, 5) is 0. The van der Waals surface area contributed by atoms with Crippen LogP contribution in [0.15, 0.2) is 0 Å². The standard InChI is InChI=1S/2C10H20.C7H14.2Ru/c2*1-6-7(2)9(4)10(5)8(6)3;1-3-5-7-6-4-2;;/h2*6-10H,1-5H3;6H,1,3-5,7H2,2H3;;/q;;-2;+2;+3. The van der Waals surface area contributed by atoms with Crippen LogP contribution in [0.5, 0.6) is 0 Å². The number of unbranched alkanes of at least 4 members (excludes halogenated alkanes) is 4. The van der Waals surface area contributed by atoms with Crippen LogP contribution in [0.25, 0.3) is 0 Å². The van der Waals surface area contributed by atoms with E-state index in [1.807, 2.05) is 0 Å². The van der Waals surface area contributed by atoms with Gasteiger partial charge >= 0.3 is 39.0 Å². The van der Waals surface area contributed by atoms with E-state index >= 15 is 0 Å². The van der Waals surface area contributed by atoms with E-state index in [4.69, 9.17) is 0 Å². The fourth-order valence-corrected chi connectivity index (χ4v) is 5.28. The summed E-state index contributed by atoms with van der Waals surface area (Å²) in [5.74, 6) is 9.35. The first-order valence-corrected chi connectivity index (χ1v) is 12.1. The summed E-state index contributed by atoms with van der Waals surface area (Å²) in [7, 11) is 0. The predicted octanol–water partition coefficient (Wildman–Crippen LogP) is 8.96. The van der Waals surface area contributed by atoms with E-state index in [1.165, 1.54) is 19.3 Å². The molecule has 0 amide bonds. The molecule has 0 spiro atoms. The largest absolute Gasteiger partial charge is 3.00 e. The number of hydrogen-bond donors (Lipinski definition) is 0. The van der Waals surface area contributed by atoms with E-state index in [9.17, 15) is 0 Å². The molecule has 0 aromatic rings. The van der Waals surface area contributed by atoms with Crippen molar-refractivity contribution in [3.05, 3.63) is 13.3 Å². The van der Waals surface area contributed by atoms with Crippen LogP contribution in [-0.2, 0) is 39.0 Å². The molecule has 0 bridgehead atoms. The summed E-state index contributed by atoms with van der Waals surface area (Å²) in [5, 5.41) is 0. The van der Waals surface area contributed by atoms with Crippen LogP contribution in [-0.4, -0.2) is 0 Å². The van der Waals surface area contributed by atoms with Crippen molar-refractivity contribution in [2.24, 2.45) is 59.2 Å². The molecule has 1 radical (unpaired) electrons. The van der Waals surface area contributed by atoms with Gasteiger partial charge in [0.1, 0.15) is 0 Å². The molecular weight excluding hydrogens is 526 g/mol. The fraction of sp³-hybridized carbons (Fsp3) is 0.926. The summed E-state index contributed by atoms with van der Waals surface area (Å²) in [6.45, 7) is 29.9. The van der Waals surface area contributed by atoms with E-state index < -0.39 is 0 Å². The van der Waals surface area contributed by atoms with Gasteiger partial charge in [-0.15, -0.1) is 6.42 Å². The molecule has 0 unspecified atom stereocenters. The molecule has 0 N–H and O–H groups in total. The Bertz CT molecular complexity index is 246. The van der Waals surface area contributed by atoms with Crippen molar-refractivity contribution in [2.75, 3.05) is 0 Å². The minimum absolute atomic E-state index is 0. The summed E-state index contributed by atoms with van der Waals surface area (Å²) in [5.41, 5.74) is 0. The molecule has 175 valence electrons. The molecule has 29 heavy (non-hydrogen) atoms. The monoisotopic (exact) mass is 582 g/mol.